The molecule has 0 aromatic heterocycles. The van der Waals surface area contributed by atoms with Crippen LogP contribution in [0, 0.1) is 17.3 Å². The van der Waals surface area contributed by atoms with Crippen LogP contribution in [-0.2, 0) is 6.42 Å². The van der Waals surface area contributed by atoms with E-state index in [0.29, 0.717) is 11.2 Å². The van der Waals surface area contributed by atoms with Crippen LogP contribution in [-0.4, -0.2) is 5.11 Å². The van der Waals surface area contributed by atoms with E-state index in [1.165, 1.54) is 50.5 Å². The summed E-state index contributed by atoms with van der Waals surface area (Å²) in [4.78, 5) is 0. The quantitative estimate of drug-likeness (QED) is 0.717. The molecule has 4 atom stereocenters. The van der Waals surface area contributed by atoms with Crippen molar-refractivity contribution in [3.63, 3.8) is 0 Å². The lowest BCUT2D eigenvalue weighted by Crippen LogP contribution is -2.39. The van der Waals surface area contributed by atoms with Gasteiger partial charge in [0.15, 0.2) is 0 Å². The molecule has 3 aliphatic carbocycles. The SMILES string of the molecule is C[C@]12CCC[C@@H]1[C@H]1CCc3cc(O)ccc3[C@@H]1CC2. The van der Waals surface area contributed by atoms with E-state index in [0.717, 1.165) is 17.8 Å². The summed E-state index contributed by atoms with van der Waals surface area (Å²) < 4.78 is 0. The molecule has 0 radical (unpaired) electrons. The molecule has 0 spiro atoms. The maximum Gasteiger partial charge on any atom is 0.115 e. The lowest BCUT2D eigenvalue weighted by Gasteiger charge is -2.49. The van der Waals surface area contributed by atoms with Crippen molar-refractivity contribution in [2.24, 2.45) is 17.3 Å². The molecule has 0 amide bonds. The van der Waals surface area contributed by atoms with Crippen LogP contribution in [0.2, 0.25) is 0 Å². The predicted octanol–water partition coefficient (Wildman–Crippen LogP) is 4.64. The number of benzene rings is 1. The number of phenols is 1. The van der Waals surface area contributed by atoms with Gasteiger partial charge in [0.1, 0.15) is 5.75 Å². The highest BCUT2D eigenvalue weighted by Crippen LogP contribution is 2.60. The molecule has 1 N–H and O–H groups in total. The Labute approximate surface area is 116 Å². The number of phenolic OH excluding ortho intramolecular Hbond substituents is 1. The van der Waals surface area contributed by atoms with Gasteiger partial charge in [-0.3, -0.25) is 0 Å². The second kappa shape index (κ2) is 4.01. The summed E-state index contributed by atoms with van der Waals surface area (Å²) in [5.41, 5.74) is 3.63. The van der Waals surface area contributed by atoms with Crippen molar-refractivity contribution >= 4 is 0 Å². The molecule has 1 nitrogen and oxygen atoms in total. The minimum atomic E-state index is 0.443. The Morgan fingerprint density at radius 3 is 2.95 bits per heavy atom. The third-order valence-electron chi connectivity index (χ3n) is 6.49. The maximum atomic E-state index is 9.68. The van der Waals surface area contributed by atoms with E-state index in [4.69, 9.17) is 0 Å². The highest BCUT2D eigenvalue weighted by atomic mass is 16.3. The smallest absolute Gasteiger partial charge is 0.115 e. The van der Waals surface area contributed by atoms with Crippen LogP contribution in [0.25, 0.3) is 0 Å². The first-order valence-corrected chi connectivity index (χ1v) is 7.99. The highest BCUT2D eigenvalue weighted by molar-refractivity contribution is 5.40. The van der Waals surface area contributed by atoms with Gasteiger partial charge < -0.3 is 5.11 Å². The number of aromatic hydroxyl groups is 1. The van der Waals surface area contributed by atoms with E-state index in [9.17, 15) is 5.11 Å². The average molecular weight is 256 g/mol. The molecule has 19 heavy (non-hydrogen) atoms. The van der Waals surface area contributed by atoms with E-state index in [1.54, 1.807) is 5.56 Å². The van der Waals surface area contributed by atoms with Gasteiger partial charge in [0.2, 0.25) is 0 Å². The van der Waals surface area contributed by atoms with Crippen LogP contribution in [0.3, 0.4) is 0 Å². The summed E-state index contributed by atoms with van der Waals surface area (Å²) in [7, 11) is 0. The summed E-state index contributed by atoms with van der Waals surface area (Å²) >= 11 is 0. The molecule has 4 rings (SSSR count). The number of aryl methyl sites for hydroxylation is 1. The molecule has 0 unspecified atom stereocenters. The normalized spacial score (nSPS) is 40.4. The van der Waals surface area contributed by atoms with Gasteiger partial charge in [-0.25, -0.2) is 0 Å². The lowest BCUT2D eigenvalue weighted by atomic mass is 9.56. The molecule has 0 heterocycles. The fraction of sp³-hybridized carbons (Fsp3) is 0.667. The van der Waals surface area contributed by atoms with Crippen LogP contribution >= 0.6 is 0 Å². The standard InChI is InChI=1S/C18H24O/c1-18-9-2-3-17(18)16-6-4-12-11-13(19)5-7-14(12)15(16)8-10-18/h5,7,11,15-17,19H,2-4,6,8-10H2,1H3/t15-,16-,17+,18+/m0/s1. The molecule has 2 fully saturated rings. The molecule has 1 aromatic carbocycles. The second-order valence-corrected chi connectivity index (χ2v) is 7.38. The Bertz CT molecular complexity index is 506. The largest absolute Gasteiger partial charge is 0.508 e. The van der Waals surface area contributed by atoms with E-state index in [1.807, 2.05) is 12.1 Å². The molecule has 102 valence electrons. The van der Waals surface area contributed by atoms with Crippen molar-refractivity contribution in [2.75, 3.05) is 0 Å². The fourth-order valence-electron chi connectivity index (χ4n) is 5.56. The van der Waals surface area contributed by atoms with Crippen molar-refractivity contribution < 1.29 is 5.11 Å². The van der Waals surface area contributed by atoms with Crippen molar-refractivity contribution in [2.45, 2.75) is 57.8 Å². The number of rotatable bonds is 0. The molecule has 1 heteroatoms. The Balaban J connectivity index is 1.72. The number of hydrogen-bond acceptors (Lipinski definition) is 1. The van der Waals surface area contributed by atoms with E-state index in [-0.39, 0.29) is 0 Å². The zero-order valence-electron chi connectivity index (χ0n) is 11.9. The highest BCUT2D eigenvalue weighted by Gasteiger charge is 2.50. The predicted molar refractivity (Wildman–Crippen MR) is 77.3 cm³/mol. The van der Waals surface area contributed by atoms with E-state index >= 15 is 0 Å². The third-order valence-corrected chi connectivity index (χ3v) is 6.49. The van der Waals surface area contributed by atoms with Gasteiger partial charge in [-0.1, -0.05) is 19.4 Å². The lowest BCUT2D eigenvalue weighted by molar-refractivity contribution is 0.0598. The van der Waals surface area contributed by atoms with Crippen molar-refractivity contribution in [3.05, 3.63) is 29.3 Å². The van der Waals surface area contributed by atoms with Gasteiger partial charge in [-0.2, -0.15) is 0 Å². The zero-order valence-corrected chi connectivity index (χ0v) is 11.9. The van der Waals surface area contributed by atoms with Crippen LogP contribution in [0.15, 0.2) is 18.2 Å². The van der Waals surface area contributed by atoms with Gasteiger partial charge in [0.25, 0.3) is 0 Å². The summed E-state index contributed by atoms with van der Waals surface area (Å²) in [5, 5.41) is 9.68. The first kappa shape index (κ1) is 11.8. The van der Waals surface area contributed by atoms with Crippen molar-refractivity contribution in [3.8, 4) is 5.75 Å². The zero-order chi connectivity index (χ0) is 13.0. The molecular weight excluding hydrogens is 232 g/mol. The summed E-state index contributed by atoms with van der Waals surface area (Å²) in [6.45, 7) is 2.55. The Morgan fingerprint density at radius 1 is 1.16 bits per heavy atom. The maximum absolute atomic E-state index is 9.68. The van der Waals surface area contributed by atoms with E-state index in [2.05, 4.69) is 13.0 Å². The molecule has 0 bridgehead atoms. The van der Waals surface area contributed by atoms with Gasteiger partial charge in [0, 0.05) is 0 Å². The minimum absolute atomic E-state index is 0.443. The number of hydrogen-bond donors (Lipinski definition) is 1. The molecule has 2 saturated carbocycles. The van der Waals surface area contributed by atoms with Gasteiger partial charge in [-0.15, -0.1) is 0 Å². The van der Waals surface area contributed by atoms with Crippen LogP contribution in [0.1, 0.15) is 62.5 Å². The third kappa shape index (κ3) is 1.67. The van der Waals surface area contributed by atoms with Crippen molar-refractivity contribution in [1.82, 2.24) is 0 Å². The molecule has 1 aromatic rings. The Morgan fingerprint density at radius 2 is 2.05 bits per heavy atom. The van der Waals surface area contributed by atoms with Crippen LogP contribution < -0.4 is 0 Å². The first-order valence-electron chi connectivity index (χ1n) is 7.99. The number of fused-ring (bicyclic) bond motifs is 5. The fourth-order valence-corrected chi connectivity index (χ4v) is 5.56. The summed E-state index contributed by atoms with van der Waals surface area (Å²) in [6.07, 6.45) is 9.69. The van der Waals surface area contributed by atoms with Crippen molar-refractivity contribution in [1.29, 1.82) is 0 Å². The summed E-state index contributed by atoms with van der Waals surface area (Å²) in [6, 6.07) is 6.11. The van der Waals surface area contributed by atoms with Gasteiger partial charge in [-0.05, 0) is 85.0 Å². The Kier molecular flexibility index (Phi) is 2.49. The monoisotopic (exact) mass is 256 g/mol. The van der Waals surface area contributed by atoms with Gasteiger partial charge in [0.05, 0.1) is 0 Å². The molecule has 0 aliphatic heterocycles. The average Bonchev–Trinajstić information content (AvgIpc) is 2.79. The van der Waals surface area contributed by atoms with Crippen LogP contribution in [0.4, 0.5) is 0 Å². The topological polar surface area (TPSA) is 20.2 Å². The second-order valence-electron chi connectivity index (χ2n) is 7.38. The molecule has 3 aliphatic rings. The summed E-state index contributed by atoms with van der Waals surface area (Å²) in [5.74, 6) is 3.10. The van der Waals surface area contributed by atoms with E-state index < -0.39 is 0 Å². The van der Waals surface area contributed by atoms with Crippen LogP contribution in [0.5, 0.6) is 5.75 Å². The molecule has 0 saturated heterocycles. The van der Waals surface area contributed by atoms with Gasteiger partial charge >= 0.3 is 0 Å². The molecular formula is C18H24O. The first-order chi connectivity index (χ1) is 9.17. The minimum Gasteiger partial charge on any atom is -0.508 e. The Hall–Kier alpha value is -0.980.